The van der Waals surface area contributed by atoms with Crippen LogP contribution < -0.4 is 4.74 Å². The fraction of sp³-hybridized carbons (Fsp3) is 0.552. The minimum Gasteiger partial charge on any atom is -0.494 e. The molecule has 180 valence electrons. The molecule has 33 heavy (non-hydrogen) atoms. The topological polar surface area (TPSA) is 53.2 Å². The van der Waals surface area contributed by atoms with E-state index < -0.39 is 0 Å². The quantitative estimate of drug-likeness (QED) is 0.233. The summed E-state index contributed by atoms with van der Waals surface area (Å²) < 4.78 is 5.55. The molecule has 0 aromatic carbocycles. The lowest BCUT2D eigenvalue weighted by Gasteiger charge is -2.03. The molecule has 2 aromatic rings. The zero-order valence-electron chi connectivity index (χ0n) is 20.8. The van der Waals surface area contributed by atoms with Gasteiger partial charge >= 0.3 is 0 Å². The molecule has 3 heterocycles. The monoisotopic (exact) mass is 449 g/mol. The molecule has 3 rings (SSSR count). The lowest BCUT2D eigenvalue weighted by molar-refractivity contribution is 0.414. The molecule has 0 unspecified atom stereocenters. The molecule has 4 heteroatoms. The van der Waals surface area contributed by atoms with Crippen molar-refractivity contribution in [3.63, 3.8) is 0 Å². The van der Waals surface area contributed by atoms with Gasteiger partial charge in [0.25, 0.3) is 0 Å². The molecule has 4 nitrogen and oxygen atoms in total. The van der Waals surface area contributed by atoms with Crippen LogP contribution in [0.1, 0.15) is 103 Å². The first-order chi connectivity index (χ1) is 16.3. The number of nitrogens with zero attached hydrogens (tertiary/aromatic N) is 1. The number of allylic oxidation sites excluding steroid dienone is 2. The maximum absolute atomic E-state index is 5.55. The Morgan fingerprint density at radius 1 is 0.848 bits per heavy atom. The minimum atomic E-state index is 0.834. The van der Waals surface area contributed by atoms with Crippen molar-refractivity contribution < 1.29 is 4.74 Å². The number of aromatic amines is 2. The molecule has 0 atom stereocenters. The lowest BCUT2D eigenvalue weighted by atomic mass is 10.0. The minimum absolute atomic E-state index is 0.834. The van der Waals surface area contributed by atoms with E-state index in [-0.39, 0.29) is 0 Å². The maximum Gasteiger partial charge on any atom is 0.144 e. The van der Waals surface area contributed by atoms with Crippen LogP contribution in [0.4, 0.5) is 0 Å². The van der Waals surface area contributed by atoms with Crippen LogP contribution in [-0.4, -0.2) is 22.8 Å². The van der Waals surface area contributed by atoms with Crippen molar-refractivity contribution >= 4 is 11.8 Å². The molecule has 0 fully saturated rings. The molecule has 2 N–H and O–H groups in total. The van der Waals surface area contributed by atoms with Gasteiger partial charge in [-0.3, -0.25) is 4.99 Å². The van der Waals surface area contributed by atoms with Crippen LogP contribution in [0.5, 0.6) is 5.75 Å². The van der Waals surface area contributed by atoms with Gasteiger partial charge in [0, 0.05) is 18.0 Å². The average Bonchev–Trinajstić information content (AvgIpc) is 3.58. The van der Waals surface area contributed by atoms with Crippen LogP contribution in [0.3, 0.4) is 0 Å². The maximum atomic E-state index is 5.55. The Balaban J connectivity index is 1.30. The Bertz CT molecular complexity index is 886. The molecule has 0 radical (unpaired) electrons. The number of ether oxygens (including phenoxy) is 1. The number of aromatic nitrogens is 2. The molecule has 0 amide bonds. The Morgan fingerprint density at radius 3 is 2.12 bits per heavy atom. The summed E-state index contributed by atoms with van der Waals surface area (Å²) in [5.74, 6) is 0.834. The van der Waals surface area contributed by atoms with Crippen LogP contribution in [0.2, 0.25) is 0 Å². The van der Waals surface area contributed by atoms with Crippen LogP contribution in [-0.2, 0) is 0 Å². The van der Waals surface area contributed by atoms with E-state index in [0.29, 0.717) is 0 Å². The van der Waals surface area contributed by atoms with Gasteiger partial charge in [-0.25, -0.2) is 0 Å². The summed E-state index contributed by atoms with van der Waals surface area (Å²) in [6.45, 7) is 2.29. The standard InChI is InChI=1S/C29H43N3O/c1-3-4-5-6-7-8-9-10-11-12-13-14-15-17-24-19-20-25(31-24)22-28-29(33-2)23-27(32-28)26-18-16-21-30-26/h16,18-23,30,32H,3-15,17H2,1-2H3/b25-22+. The Hall–Kier alpha value is -2.49. The van der Waals surface area contributed by atoms with Gasteiger partial charge < -0.3 is 14.7 Å². The number of H-pyrrole nitrogens is 2. The number of rotatable bonds is 17. The van der Waals surface area contributed by atoms with Crippen molar-refractivity contribution in [3.8, 4) is 17.1 Å². The highest BCUT2D eigenvalue weighted by atomic mass is 16.5. The second-order valence-corrected chi connectivity index (χ2v) is 9.25. The first-order valence-electron chi connectivity index (χ1n) is 13.2. The fourth-order valence-electron chi connectivity index (χ4n) is 4.48. The van der Waals surface area contributed by atoms with Gasteiger partial charge in [0.15, 0.2) is 0 Å². The van der Waals surface area contributed by atoms with Crippen molar-refractivity contribution in [2.24, 2.45) is 4.99 Å². The largest absolute Gasteiger partial charge is 0.494 e. The fourth-order valence-corrected chi connectivity index (χ4v) is 4.48. The Labute approximate surface area is 200 Å². The van der Waals surface area contributed by atoms with Crippen LogP contribution in [0.15, 0.2) is 47.2 Å². The summed E-state index contributed by atoms with van der Waals surface area (Å²) in [5, 5.41) is 0. The second-order valence-electron chi connectivity index (χ2n) is 9.25. The third-order valence-electron chi connectivity index (χ3n) is 6.47. The first kappa shape index (κ1) is 25.1. The summed E-state index contributed by atoms with van der Waals surface area (Å²) in [7, 11) is 1.71. The summed E-state index contributed by atoms with van der Waals surface area (Å²) >= 11 is 0. The zero-order valence-corrected chi connectivity index (χ0v) is 20.8. The van der Waals surface area contributed by atoms with Gasteiger partial charge in [0.1, 0.15) is 5.75 Å². The normalized spacial score (nSPS) is 14.4. The Kier molecular flexibility index (Phi) is 11.1. The van der Waals surface area contributed by atoms with Crippen LogP contribution in [0, 0.1) is 0 Å². The zero-order chi connectivity index (χ0) is 23.1. The SMILES string of the molecule is CCCCCCCCCCCCCCCC1=N/C(=C/c2[nH]c(-c3ccc[nH]3)cc2OC)C=C1. The molecule has 0 spiro atoms. The summed E-state index contributed by atoms with van der Waals surface area (Å²) in [5.41, 5.74) is 5.19. The summed E-state index contributed by atoms with van der Waals surface area (Å²) in [6, 6.07) is 6.06. The number of hydrogen-bond acceptors (Lipinski definition) is 2. The van der Waals surface area contributed by atoms with E-state index in [9.17, 15) is 0 Å². The highest BCUT2D eigenvalue weighted by molar-refractivity contribution is 5.99. The van der Waals surface area contributed by atoms with Gasteiger partial charge in [-0.15, -0.1) is 0 Å². The number of methoxy groups -OCH3 is 1. The van der Waals surface area contributed by atoms with E-state index >= 15 is 0 Å². The van der Waals surface area contributed by atoms with Crippen LogP contribution >= 0.6 is 0 Å². The van der Waals surface area contributed by atoms with Crippen molar-refractivity contribution in [2.75, 3.05) is 7.11 Å². The molecule has 0 saturated heterocycles. The van der Waals surface area contributed by atoms with Crippen molar-refractivity contribution in [2.45, 2.75) is 96.8 Å². The molecule has 0 saturated carbocycles. The van der Waals surface area contributed by atoms with Gasteiger partial charge in [-0.05, 0) is 43.2 Å². The van der Waals surface area contributed by atoms with Crippen molar-refractivity contribution in [3.05, 3.63) is 47.9 Å². The molecule has 1 aliphatic rings. The van der Waals surface area contributed by atoms with E-state index in [2.05, 4.69) is 35.1 Å². The molecule has 1 aliphatic heterocycles. The van der Waals surface area contributed by atoms with Crippen molar-refractivity contribution in [1.29, 1.82) is 0 Å². The number of hydrogen-bond donors (Lipinski definition) is 2. The van der Waals surface area contributed by atoms with E-state index in [4.69, 9.17) is 9.73 Å². The average molecular weight is 450 g/mol. The van der Waals surface area contributed by atoms with Gasteiger partial charge in [0.2, 0.25) is 0 Å². The summed E-state index contributed by atoms with van der Waals surface area (Å²) in [4.78, 5) is 11.5. The van der Waals surface area contributed by atoms with Gasteiger partial charge in [-0.2, -0.15) is 0 Å². The van der Waals surface area contributed by atoms with Gasteiger partial charge in [0.05, 0.1) is 29.9 Å². The molecule has 2 aromatic heterocycles. The predicted octanol–water partition coefficient (Wildman–Crippen LogP) is 8.85. The highest BCUT2D eigenvalue weighted by Gasteiger charge is 2.11. The lowest BCUT2D eigenvalue weighted by Crippen LogP contribution is -1.91. The third kappa shape index (κ3) is 8.75. The predicted molar refractivity (Wildman–Crippen MR) is 142 cm³/mol. The van der Waals surface area contributed by atoms with E-state index in [1.165, 1.54) is 89.2 Å². The Morgan fingerprint density at radius 2 is 1.52 bits per heavy atom. The molecular formula is C29H43N3O. The van der Waals surface area contributed by atoms with Crippen molar-refractivity contribution in [1.82, 2.24) is 9.97 Å². The number of nitrogens with one attached hydrogen (secondary N) is 2. The smallest absolute Gasteiger partial charge is 0.144 e. The highest BCUT2D eigenvalue weighted by Crippen LogP contribution is 2.29. The number of unbranched alkanes of at least 4 members (excludes halogenated alkanes) is 12. The number of aliphatic imine (C=N–C) groups is 1. The molecule has 0 bridgehead atoms. The van der Waals surface area contributed by atoms with E-state index in [1.54, 1.807) is 7.11 Å². The van der Waals surface area contributed by atoms with E-state index in [0.717, 1.165) is 34.9 Å². The third-order valence-corrected chi connectivity index (χ3v) is 6.47. The first-order valence-corrected chi connectivity index (χ1v) is 13.2. The van der Waals surface area contributed by atoms with Gasteiger partial charge in [-0.1, -0.05) is 84.0 Å². The molecule has 0 aliphatic carbocycles. The van der Waals surface area contributed by atoms with E-state index in [1.807, 2.05) is 24.4 Å². The molecular weight excluding hydrogens is 406 g/mol. The summed E-state index contributed by atoms with van der Waals surface area (Å²) in [6.07, 6.45) is 27.4. The van der Waals surface area contributed by atoms with Crippen LogP contribution in [0.25, 0.3) is 17.5 Å². The second kappa shape index (κ2) is 14.6.